The molecule has 0 aliphatic heterocycles. The number of nitrogens with one attached hydrogen (secondary N) is 2. The van der Waals surface area contributed by atoms with Gasteiger partial charge in [0.2, 0.25) is 0 Å². The normalized spacial score (nSPS) is 12.2. The summed E-state index contributed by atoms with van der Waals surface area (Å²) in [6.45, 7) is 0.339. The zero-order valence-corrected chi connectivity index (χ0v) is 6.80. The van der Waals surface area contributed by atoms with Gasteiger partial charge in [0, 0.05) is 6.54 Å². The number of thiocarbonyl (C=S) groups is 1. The van der Waals surface area contributed by atoms with E-state index in [2.05, 4.69) is 23.0 Å². The van der Waals surface area contributed by atoms with Crippen LogP contribution < -0.4 is 16.6 Å². The average Bonchev–Trinajstić information content (AvgIpc) is 1.87. The molecule has 0 saturated carbocycles. The first-order valence-electron chi connectivity index (χ1n) is 2.48. The van der Waals surface area contributed by atoms with Crippen LogP contribution in [-0.4, -0.2) is 26.2 Å². The lowest BCUT2D eigenvalue weighted by atomic mass is 10.7. The second-order valence-electron chi connectivity index (χ2n) is 1.43. The molecular weight excluding hydrogens is 174 g/mol. The Morgan fingerprint density at radius 1 is 1.80 bits per heavy atom. The lowest BCUT2D eigenvalue weighted by Gasteiger charge is -2.03. The second-order valence-corrected chi connectivity index (χ2v) is 2.89. The first kappa shape index (κ1) is 9.76. The summed E-state index contributed by atoms with van der Waals surface area (Å²) in [4.78, 5) is 0. The van der Waals surface area contributed by atoms with Gasteiger partial charge in [-0.2, -0.15) is 0 Å². The summed E-state index contributed by atoms with van der Waals surface area (Å²) in [5.74, 6) is 5.04. The molecule has 1 atom stereocenters. The van der Waals surface area contributed by atoms with E-state index in [0.29, 0.717) is 6.54 Å². The van der Waals surface area contributed by atoms with Gasteiger partial charge in [0.1, 0.15) is 0 Å². The molecular formula is C3H9N3O2S2. The third-order valence-electron chi connectivity index (χ3n) is 0.693. The van der Waals surface area contributed by atoms with Crippen molar-refractivity contribution in [2.75, 3.05) is 12.3 Å². The van der Waals surface area contributed by atoms with Crippen LogP contribution in [0.15, 0.2) is 0 Å². The minimum absolute atomic E-state index is 0.141. The molecule has 0 heterocycles. The SMILES string of the molecule is NNC(=S)NCCS(=O)O. The highest BCUT2D eigenvalue weighted by Crippen LogP contribution is 1.70. The van der Waals surface area contributed by atoms with Crippen LogP contribution in [0.4, 0.5) is 0 Å². The Morgan fingerprint density at radius 3 is 2.80 bits per heavy atom. The van der Waals surface area contributed by atoms with Crippen molar-refractivity contribution in [1.82, 2.24) is 10.7 Å². The van der Waals surface area contributed by atoms with Gasteiger partial charge in [0.25, 0.3) is 0 Å². The molecule has 0 aromatic heterocycles. The summed E-state index contributed by atoms with van der Waals surface area (Å²) < 4.78 is 18.3. The molecule has 1 unspecified atom stereocenters. The Bertz CT molecular complexity index is 140. The smallest absolute Gasteiger partial charge is 0.180 e. The van der Waals surface area contributed by atoms with Gasteiger partial charge < -0.3 is 15.3 Å². The van der Waals surface area contributed by atoms with Gasteiger partial charge in [-0.15, -0.1) is 0 Å². The molecule has 0 spiro atoms. The largest absolute Gasteiger partial charge is 0.361 e. The van der Waals surface area contributed by atoms with Crippen molar-refractivity contribution in [1.29, 1.82) is 0 Å². The Balaban J connectivity index is 3.20. The first-order valence-corrected chi connectivity index (χ1v) is 4.17. The maximum absolute atomic E-state index is 10.0. The molecule has 0 saturated heterocycles. The Kier molecular flexibility index (Phi) is 5.40. The van der Waals surface area contributed by atoms with Crippen molar-refractivity contribution in [3.63, 3.8) is 0 Å². The summed E-state index contributed by atoms with van der Waals surface area (Å²) in [7, 11) is 0. The molecule has 5 nitrogen and oxygen atoms in total. The number of nitrogens with two attached hydrogens (primary N) is 1. The molecule has 0 fully saturated rings. The number of rotatable bonds is 3. The molecule has 0 aliphatic carbocycles. The quantitative estimate of drug-likeness (QED) is 0.185. The zero-order chi connectivity index (χ0) is 7.98. The number of hydrazine groups is 1. The molecule has 0 bridgehead atoms. The van der Waals surface area contributed by atoms with Gasteiger partial charge in [0.15, 0.2) is 16.2 Å². The van der Waals surface area contributed by atoms with E-state index < -0.39 is 11.1 Å². The van der Waals surface area contributed by atoms with E-state index in [1.165, 1.54) is 0 Å². The second kappa shape index (κ2) is 5.54. The van der Waals surface area contributed by atoms with Crippen LogP contribution in [0.25, 0.3) is 0 Å². The Morgan fingerprint density at radius 2 is 2.40 bits per heavy atom. The van der Waals surface area contributed by atoms with Crippen molar-refractivity contribution in [3.05, 3.63) is 0 Å². The maximum atomic E-state index is 10.0. The molecule has 0 aliphatic rings. The number of hydrogen-bond acceptors (Lipinski definition) is 3. The zero-order valence-electron chi connectivity index (χ0n) is 5.16. The van der Waals surface area contributed by atoms with Gasteiger partial charge in [-0.1, -0.05) is 0 Å². The monoisotopic (exact) mass is 183 g/mol. The fraction of sp³-hybridized carbons (Fsp3) is 0.667. The van der Waals surface area contributed by atoms with Gasteiger partial charge in [-0.05, 0) is 12.2 Å². The molecule has 5 N–H and O–H groups in total. The summed E-state index contributed by atoms with van der Waals surface area (Å²) in [6, 6.07) is 0. The molecule has 0 aromatic carbocycles. The molecule has 0 aromatic rings. The molecule has 0 rings (SSSR count). The lowest BCUT2D eigenvalue weighted by molar-refractivity contribution is 0.563. The van der Waals surface area contributed by atoms with Crippen molar-refractivity contribution in [2.24, 2.45) is 5.84 Å². The number of hydrogen-bond donors (Lipinski definition) is 4. The predicted octanol–water partition coefficient (Wildman–Crippen LogP) is -1.45. The third-order valence-corrected chi connectivity index (χ3v) is 1.51. The van der Waals surface area contributed by atoms with E-state index in [1.54, 1.807) is 0 Å². The van der Waals surface area contributed by atoms with E-state index >= 15 is 0 Å². The fourth-order valence-electron chi connectivity index (χ4n) is 0.303. The third kappa shape index (κ3) is 5.89. The van der Waals surface area contributed by atoms with Crippen LogP contribution in [0.1, 0.15) is 0 Å². The van der Waals surface area contributed by atoms with Gasteiger partial charge in [0.05, 0.1) is 5.75 Å². The standard InChI is InChI=1S/C3H9N3O2S2/c4-6-3(9)5-1-2-10(7)8/h1-2,4H2,(H,7,8)(H2,5,6,9). The van der Waals surface area contributed by atoms with Gasteiger partial charge >= 0.3 is 0 Å². The highest BCUT2D eigenvalue weighted by atomic mass is 32.2. The Labute approximate surface area is 66.6 Å². The van der Waals surface area contributed by atoms with Crippen LogP contribution >= 0.6 is 12.2 Å². The van der Waals surface area contributed by atoms with Crippen LogP contribution in [0.5, 0.6) is 0 Å². The van der Waals surface area contributed by atoms with E-state index in [4.69, 9.17) is 10.4 Å². The molecule has 7 heteroatoms. The van der Waals surface area contributed by atoms with E-state index in [9.17, 15) is 4.21 Å². The van der Waals surface area contributed by atoms with Crippen LogP contribution in [0.2, 0.25) is 0 Å². The molecule has 10 heavy (non-hydrogen) atoms. The van der Waals surface area contributed by atoms with Crippen LogP contribution in [0.3, 0.4) is 0 Å². The van der Waals surface area contributed by atoms with Crippen molar-refractivity contribution >= 4 is 28.4 Å². The summed E-state index contributed by atoms with van der Waals surface area (Å²) >= 11 is 2.80. The highest BCUT2D eigenvalue weighted by molar-refractivity contribution is 7.80. The summed E-state index contributed by atoms with van der Waals surface area (Å²) in [6.07, 6.45) is 0. The maximum Gasteiger partial charge on any atom is 0.180 e. The van der Waals surface area contributed by atoms with Crippen molar-refractivity contribution < 1.29 is 8.76 Å². The van der Waals surface area contributed by atoms with E-state index in [1.807, 2.05) is 0 Å². The van der Waals surface area contributed by atoms with Crippen molar-refractivity contribution in [3.8, 4) is 0 Å². The van der Waals surface area contributed by atoms with Crippen LogP contribution in [-0.2, 0) is 11.1 Å². The highest BCUT2D eigenvalue weighted by Gasteiger charge is 1.93. The first-order chi connectivity index (χ1) is 4.66. The minimum atomic E-state index is -1.77. The Hall–Kier alpha value is -0.240. The van der Waals surface area contributed by atoms with Gasteiger partial charge in [-0.25, -0.2) is 10.1 Å². The lowest BCUT2D eigenvalue weighted by Crippen LogP contribution is -2.41. The molecule has 0 amide bonds. The van der Waals surface area contributed by atoms with Gasteiger partial charge in [-0.3, -0.25) is 0 Å². The molecule has 0 radical (unpaired) electrons. The fourth-order valence-corrected chi connectivity index (χ4v) is 0.682. The summed E-state index contributed by atoms with van der Waals surface area (Å²) in [5.41, 5.74) is 2.18. The topological polar surface area (TPSA) is 87.4 Å². The van der Waals surface area contributed by atoms with Crippen LogP contribution in [0, 0.1) is 0 Å². The minimum Gasteiger partial charge on any atom is -0.361 e. The predicted molar refractivity (Wildman–Crippen MR) is 43.6 cm³/mol. The van der Waals surface area contributed by atoms with E-state index in [0.717, 1.165) is 0 Å². The summed E-state index contributed by atoms with van der Waals surface area (Å²) in [5, 5.41) is 2.87. The van der Waals surface area contributed by atoms with E-state index in [-0.39, 0.29) is 10.9 Å². The average molecular weight is 183 g/mol. The molecule has 60 valence electrons. The van der Waals surface area contributed by atoms with Crippen molar-refractivity contribution in [2.45, 2.75) is 0 Å².